The lowest BCUT2D eigenvalue weighted by molar-refractivity contribution is -0.154. The average Bonchev–Trinajstić information content (AvgIpc) is 3.32. The van der Waals surface area contributed by atoms with Gasteiger partial charge in [0.2, 0.25) is 5.91 Å². The van der Waals surface area contributed by atoms with Crippen molar-refractivity contribution in [3.63, 3.8) is 0 Å². The number of carbonyl (C=O) groups is 2. The summed E-state index contributed by atoms with van der Waals surface area (Å²) < 4.78 is 10.5. The lowest BCUT2D eigenvalue weighted by atomic mass is 9.66. The first kappa shape index (κ1) is 15.6. The Balaban J connectivity index is 1.97. The van der Waals surface area contributed by atoms with Crippen LogP contribution in [-0.2, 0) is 24.5 Å². The second-order valence-electron chi connectivity index (χ2n) is 7.16. The van der Waals surface area contributed by atoms with Crippen molar-refractivity contribution in [1.82, 2.24) is 0 Å². The van der Waals surface area contributed by atoms with E-state index in [1.165, 1.54) is 7.11 Å². The molecule has 1 aromatic rings. The van der Waals surface area contributed by atoms with E-state index in [1.807, 2.05) is 24.3 Å². The number of para-hydroxylation sites is 1. The summed E-state index contributed by atoms with van der Waals surface area (Å²) in [5.41, 5.74) is -0.853. The molecule has 1 unspecified atom stereocenters. The van der Waals surface area contributed by atoms with Gasteiger partial charge >= 0.3 is 5.97 Å². The fraction of sp³-hybridized carbons (Fsp3) is 0.556. The van der Waals surface area contributed by atoms with E-state index in [9.17, 15) is 14.7 Å². The topological polar surface area (TPSA) is 79.4 Å². The van der Waals surface area contributed by atoms with Crippen LogP contribution in [-0.4, -0.2) is 48.4 Å². The van der Waals surface area contributed by atoms with E-state index in [4.69, 9.17) is 9.47 Å². The Labute approximate surface area is 140 Å². The summed E-state index contributed by atoms with van der Waals surface area (Å²) in [6.07, 6.45) is 0.937. The SMILES string of the molecule is COC(=O)[C@@]1(CC2CO2)c2ccccc2N2C(=O)CC[C@](C)(O)[C@H]21. The maximum Gasteiger partial charge on any atom is 0.318 e. The van der Waals surface area contributed by atoms with E-state index in [-0.39, 0.29) is 18.4 Å². The fourth-order valence-electron chi connectivity index (χ4n) is 4.53. The van der Waals surface area contributed by atoms with E-state index in [0.29, 0.717) is 25.1 Å². The average molecular weight is 331 g/mol. The van der Waals surface area contributed by atoms with Gasteiger partial charge in [-0.2, -0.15) is 0 Å². The van der Waals surface area contributed by atoms with Crippen molar-refractivity contribution < 1.29 is 24.2 Å². The Morgan fingerprint density at radius 3 is 2.83 bits per heavy atom. The second kappa shape index (κ2) is 5.04. The number of hydrogen-bond acceptors (Lipinski definition) is 5. The predicted molar refractivity (Wildman–Crippen MR) is 85.6 cm³/mol. The van der Waals surface area contributed by atoms with Crippen LogP contribution in [0.1, 0.15) is 31.7 Å². The summed E-state index contributed by atoms with van der Waals surface area (Å²) in [4.78, 5) is 27.3. The molecule has 0 aliphatic carbocycles. The maximum absolute atomic E-state index is 13.0. The Bertz CT molecular complexity index is 711. The smallest absolute Gasteiger partial charge is 0.318 e. The summed E-state index contributed by atoms with van der Waals surface area (Å²) >= 11 is 0. The largest absolute Gasteiger partial charge is 0.468 e. The van der Waals surface area contributed by atoms with E-state index >= 15 is 0 Å². The molecule has 0 saturated carbocycles. The third-order valence-corrected chi connectivity index (χ3v) is 5.57. The highest BCUT2D eigenvalue weighted by atomic mass is 16.6. The highest BCUT2D eigenvalue weighted by Gasteiger charge is 2.66. The van der Waals surface area contributed by atoms with Crippen LogP contribution in [0.2, 0.25) is 0 Å². The van der Waals surface area contributed by atoms with Gasteiger partial charge in [-0.15, -0.1) is 0 Å². The first-order valence-corrected chi connectivity index (χ1v) is 8.26. The zero-order chi connectivity index (χ0) is 17.1. The van der Waals surface area contributed by atoms with E-state index < -0.39 is 23.0 Å². The number of ether oxygens (including phenoxy) is 2. The molecule has 1 aromatic carbocycles. The Morgan fingerprint density at radius 2 is 2.17 bits per heavy atom. The molecule has 1 N–H and O–H groups in total. The van der Waals surface area contributed by atoms with Gasteiger partial charge in [0.15, 0.2) is 0 Å². The number of esters is 1. The molecule has 0 aromatic heterocycles. The van der Waals surface area contributed by atoms with Crippen LogP contribution in [0, 0.1) is 0 Å². The molecule has 0 bridgehead atoms. The number of amides is 1. The van der Waals surface area contributed by atoms with Crippen LogP contribution >= 0.6 is 0 Å². The monoisotopic (exact) mass is 331 g/mol. The molecule has 128 valence electrons. The van der Waals surface area contributed by atoms with Crippen LogP contribution in [0.15, 0.2) is 24.3 Å². The molecule has 4 atom stereocenters. The number of methoxy groups -OCH3 is 1. The molecule has 3 aliphatic heterocycles. The normalized spacial score (nSPS) is 37.0. The lowest BCUT2D eigenvalue weighted by Gasteiger charge is -2.47. The number of piperidine rings is 1. The third-order valence-electron chi connectivity index (χ3n) is 5.57. The summed E-state index contributed by atoms with van der Waals surface area (Å²) in [6, 6.07) is 6.70. The predicted octanol–water partition coefficient (Wildman–Crippen LogP) is 1.15. The van der Waals surface area contributed by atoms with E-state index in [0.717, 1.165) is 5.56 Å². The Kier molecular flexibility index (Phi) is 3.27. The van der Waals surface area contributed by atoms with Crippen LogP contribution in [0.25, 0.3) is 0 Å². The molecule has 1 amide bonds. The molecule has 0 spiro atoms. The van der Waals surface area contributed by atoms with Crippen molar-refractivity contribution in [2.45, 2.75) is 49.3 Å². The van der Waals surface area contributed by atoms with Crippen LogP contribution in [0.3, 0.4) is 0 Å². The third kappa shape index (κ3) is 1.96. The first-order valence-electron chi connectivity index (χ1n) is 8.26. The summed E-state index contributed by atoms with van der Waals surface area (Å²) in [7, 11) is 1.35. The Morgan fingerprint density at radius 1 is 1.46 bits per heavy atom. The molecule has 24 heavy (non-hydrogen) atoms. The van der Waals surface area contributed by atoms with Crippen molar-refractivity contribution in [2.24, 2.45) is 0 Å². The molecular formula is C18H21NO5. The number of anilines is 1. The first-order chi connectivity index (χ1) is 11.4. The van der Waals surface area contributed by atoms with Gasteiger partial charge in [0, 0.05) is 12.1 Å². The number of rotatable bonds is 3. The number of nitrogens with zero attached hydrogens (tertiary/aromatic N) is 1. The number of carbonyl (C=O) groups excluding carboxylic acids is 2. The van der Waals surface area contributed by atoms with Crippen molar-refractivity contribution >= 4 is 17.6 Å². The van der Waals surface area contributed by atoms with Gasteiger partial charge in [-0.1, -0.05) is 18.2 Å². The number of epoxide rings is 1. The van der Waals surface area contributed by atoms with E-state index in [1.54, 1.807) is 11.8 Å². The summed E-state index contributed by atoms with van der Waals surface area (Å²) in [5, 5.41) is 11.1. The van der Waals surface area contributed by atoms with Gasteiger partial charge in [-0.3, -0.25) is 9.59 Å². The van der Waals surface area contributed by atoms with Crippen LogP contribution in [0.5, 0.6) is 0 Å². The summed E-state index contributed by atoms with van der Waals surface area (Å²) in [6.45, 7) is 2.29. The molecule has 6 nitrogen and oxygen atoms in total. The van der Waals surface area contributed by atoms with Gasteiger partial charge in [0.05, 0.1) is 31.5 Å². The molecule has 3 heterocycles. The zero-order valence-corrected chi connectivity index (χ0v) is 13.8. The highest BCUT2D eigenvalue weighted by Crippen LogP contribution is 2.55. The number of hydrogen-bond donors (Lipinski definition) is 1. The molecule has 0 radical (unpaired) electrons. The molecule has 4 rings (SSSR count). The lowest BCUT2D eigenvalue weighted by Crippen LogP contribution is -2.65. The Hall–Kier alpha value is -1.92. The highest BCUT2D eigenvalue weighted by molar-refractivity contribution is 6.03. The number of aliphatic hydroxyl groups is 1. The molecule has 3 aliphatic rings. The minimum absolute atomic E-state index is 0.0510. The van der Waals surface area contributed by atoms with Crippen LogP contribution < -0.4 is 4.90 Å². The van der Waals surface area contributed by atoms with Crippen molar-refractivity contribution in [3.8, 4) is 0 Å². The maximum atomic E-state index is 13.0. The van der Waals surface area contributed by atoms with Crippen molar-refractivity contribution in [1.29, 1.82) is 0 Å². The van der Waals surface area contributed by atoms with Crippen molar-refractivity contribution in [3.05, 3.63) is 29.8 Å². The van der Waals surface area contributed by atoms with Crippen LogP contribution in [0.4, 0.5) is 5.69 Å². The fourth-order valence-corrected chi connectivity index (χ4v) is 4.53. The standard InChI is InChI=1S/C18H21NO5/c1-17(22)8-7-14(20)19-13-6-4-3-5-12(13)18(15(17)19,16(21)23-2)9-11-10-24-11/h3-6,11,15,22H,7-10H2,1-2H3/t11?,15-,17-,18-/m0/s1. The van der Waals surface area contributed by atoms with Gasteiger partial charge in [-0.05, 0) is 31.4 Å². The van der Waals surface area contributed by atoms with Gasteiger partial charge in [0.1, 0.15) is 5.41 Å². The second-order valence-corrected chi connectivity index (χ2v) is 7.16. The van der Waals surface area contributed by atoms with Gasteiger partial charge in [0.25, 0.3) is 0 Å². The quantitative estimate of drug-likeness (QED) is 0.664. The molecule has 2 saturated heterocycles. The van der Waals surface area contributed by atoms with E-state index in [2.05, 4.69) is 0 Å². The van der Waals surface area contributed by atoms with Crippen molar-refractivity contribution in [2.75, 3.05) is 18.6 Å². The minimum Gasteiger partial charge on any atom is -0.468 e. The molecule has 2 fully saturated rings. The van der Waals surface area contributed by atoms with Gasteiger partial charge < -0.3 is 19.5 Å². The number of fused-ring (bicyclic) bond motifs is 3. The number of benzene rings is 1. The molecular weight excluding hydrogens is 310 g/mol. The summed E-state index contributed by atoms with van der Waals surface area (Å²) in [5.74, 6) is -0.491. The molecule has 6 heteroatoms. The zero-order valence-electron chi connectivity index (χ0n) is 13.8. The minimum atomic E-state index is -1.18. The van der Waals surface area contributed by atoms with Gasteiger partial charge in [-0.25, -0.2) is 0 Å².